The highest BCUT2D eigenvalue weighted by Crippen LogP contribution is 2.25. The normalized spacial score (nSPS) is 22.5. The van der Waals surface area contributed by atoms with E-state index in [2.05, 4.69) is 22.9 Å². The number of carbonyl (C=O) groups is 1. The molecule has 2 heterocycles. The van der Waals surface area contributed by atoms with E-state index >= 15 is 0 Å². The molecule has 20 heavy (non-hydrogen) atoms. The SMILES string of the molecule is CCn1cc(Br)cc1C(=O)N1CCCC(C)C1CN.Cl. The summed E-state index contributed by atoms with van der Waals surface area (Å²) in [5, 5.41) is 0. The van der Waals surface area contributed by atoms with Crippen molar-refractivity contribution in [2.45, 2.75) is 39.3 Å². The molecule has 1 aliphatic rings. The van der Waals surface area contributed by atoms with Crippen molar-refractivity contribution in [3.8, 4) is 0 Å². The predicted octanol–water partition coefficient (Wildman–Crippen LogP) is 2.89. The van der Waals surface area contributed by atoms with E-state index < -0.39 is 0 Å². The molecule has 1 amide bonds. The number of aromatic nitrogens is 1. The molecule has 2 unspecified atom stereocenters. The van der Waals surface area contributed by atoms with Gasteiger partial charge in [0.1, 0.15) is 5.69 Å². The van der Waals surface area contributed by atoms with Crippen molar-refractivity contribution in [2.75, 3.05) is 13.1 Å². The minimum Gasteiger partial charge on any atom is -0.343 e. The van der Waals surface area contributed by atoms with Crippen LogP contribution in [0.25, 0.3) is 0 Å². The number of hydrogen-bond acceptors (Lipinski definition) is 2. The molecule has 1 saturated heterocycles. The zero-order valence-electron chi connectivity index (χ0n) is 12.0. The first-order valence-corrected chi connectivity index (χ1v) is 7.74. The smallest absolute Gasteiger partial charge is 0.270 e. The first-order chi connectivity index (χ1) is 9.08. The summed E-state index contributed by atoms with van der Waals surface area (Å²) >= 11 is 3.44. The van der Waals surface area contributed by atoms with Gasteiger partial charge in [-0.3, -0.25) is 4.79 Å². The Bertz CT molecular complexity index is 463. The van der Waals surface area contributed by atoms with Crippen LogP contribution >= 0.6 is 28.3 Å². The molecule has 1 aliphatic heterocycles. The summed E-state index contributed by atoms with van der Waals surface area (Å²) in [7, 11) is 0. The van der Waals surface area contributed by atoms with Crippen LogP contribution < -0.4 is 5.73 Å². The molecule has 114 valence electrons. The first-order valence-electron chi connectivity index (χ1n) is 6.95. The van der Waals surface area contributed by atoms with E-state index in [-0.39, 0.29) is 24.4 Å². The molecule has 0 aliphatic carbocycles. The van der Waals surface area contributed by atoms with Gasteiger partial charge in [0, 0.05) is 36.3 Å². The van der Waals surface area contributed by atoms with E-state index in [1.54, 1.807) is 0 Å². The zero-order chi connectivity index (χ0) is 14.0. The van der Waals surface area contributed by atoms with Crippen molar-refractivity contribution < 1.29 is 4.79 Å². The summed E-state index contributed by atoms with van der Waals surface area (Å²) in [5.74, 6) is 0.589. The second-order valence-corrected chi connectivity index (χ2v) is 6.17. The van der Waals surface area contributed by atoms with Crippen LogP contribution in [0.5, 0.6) is 0 Å². The quantitative estimate of drug-likeness (QED) is 0.896. The molecule has 0 aromatic carbocycles. The maximum atomic E-state index is 12.7. The van der Waals surface area contributed by atoms with Gasteiger partial charge in [0.05, 0.1) is 0 Å². The van der Waals surface area contributed by atoms with E-state index in [0.29, 0.717) is 12.5 Å². The van der Waals surface area contributed by atoms with E-state index in [9.17, 15) is 4.79 Å². The van der Waals surface area contributed by atoms with Crippen LogP contribution in [-0.2, 0) is 6.54 Å². The summed E-state index contributed by atoms with van der Waals surface area (Å²) in [6, 6.07) is 2.07. The van der Waals surface area contributed by atoms with Crippen molar-refractivity contribution in [1.82, 2.24) is 9.47 Å². The standard InChI is InChI=1S/C14H22BrN3O.ClH/c1-3-17-9-11(15)7-12(17)14(19)18-6-4-5-10(2)13(18)8-16;/h7,9-10,13H,3-6,8,16H2,1-2H3;1H. The van der Waals surface area contributed by atoms with Gasteiger partial charge in [0.25, 0.3) is 5.91 Å². The Morgan fingerprint density at radius 1 is 1.55 bits per heavy atom. The minimum absolute atomic E-state index is 0. The lowest BCUT2D eigenvalue weighted by Crippen LogP contribution is -2.51. The number of rotatable bonds is 3. The number of nitrogens with two attached hydrogens (primary N) is 1. The minimum atomic E-state index is 0. The largest absolute Gasteiger partial charge is 0.343 e. The molecule has 2 atom stereocenters. The molecule has 0 radical (unpaired) electrons. The molecule has 4 nitrogen and oxygen atoms in total. The molecule has 0 spiro atoms. The molecule has 2 rings (SSSR count). The van der Waals surface area contributed by atoms with Gasteiger partial charge in [-0.15, -0.1) is 12.4 Å². The molecular formula is C14H23BrClN3O. The summed E-state index contributed by atoms with van der Waals surface area (Å²) in [6.45, 7) is 6.38. The summed E-state index contributed by atoms with van der Waals surface area (Å²) in [4.78, 5) is 14.7. The third-order valence-electron chi connectivity index (χ3n) is 4.04. The molecule has 0 bridgehead atoms. The number of nitrogens with zero attached hydrogens (tertiary/aromatic N) is 2. The molecule has 1 aromatic heterocycles. The molecule has 0 saturated carbocycles. The Morgan fingerprint density at radius 2 is 2.25 bits per heavy atom. The third kappa shape index (κ3) is 3.38. The van der Waals surface area contributed by atoms with Crippen LogP contribution in [0.15, 0.2) is 16.7 Å². The number of hydrogen-bond donors (Lipinski definition) is 1. The van der Waals surface area contributed by atoms with Gasteiger partial charge in [-0.25, -0.2) is 0 Å². The Kier molecular flexibility index (Phi) is 6.55. The van der Waals surface area contributed by atoms with Crippen LogP contribution in [0.1, 0.15) is 37.2 Å². The van der Waals surface area contributed by atoms with E-state index in [0.717, 1.165) is 36.1 Å². The molecule has 1 aromatic rings. The van der Waals surface area contributed by atoms with Crippen molar-refractivity contribution in [3.63, 3.8) is 0 Å². The van der Waals surface area contributed by atoms with Crippen LogP contribution in [-0.4, -0.2) is 34.5 Å². The predicted molar refractivity (Wildman–Crippen MR) is 87.3 cm³/mol. The number of halogens is 2. The van der Waals surface area contributed by atoms with Gasteiger partial charge in [-0.2, -0.15) is 0 Å². The number of aryl methyl sites for hydroxylation is 1. The average Bonchev–Trinajstić information content (AvgIpc) is 2.78. The second-order valence-electron chi connectivity index (χ2n) is 5.25. The van der Waals surface area contributed by atoms with Crippen LogP contribution in [0.4, 0.5) is 0 Å². The summed E-state index contributed by atoms with van der Waals surface area (Å²) in [5.41, 5.74) is 6.62. The highest BCUT2D eigenvalue weighted by Gasteiger charge is 2.32. The Labute approximate surface area is 135 Å². The van der Waals surface area contributed by atoms with Gasteiger partial charge < -0.3 is 15.2 Å². The van der Waals surface area contributed by atoms with Gasteiger partial charge in [-0.05, 0) is 47.7 Å². The number of piperidine rings is 1. The zero-order valence-corrected chi connectivity index (χ0v) is 14.4. The molecule has 6 heteroatoms. The van der Waals surface area contributed by atoms with Gasteiger partial charge in [0.2, 0.25) is 0 Å². The van der Waals surface area contributed by atoms with Crippen LogP contribution in [0.2, 0.25) is 0 Å². The Hall–Kier alpha value is -0.520. The maximum Gasteiger partial charge on any atom is 0.270 e. The summed E-state index contributed by atoms with van der Waals surface area (Å²) in [6.07, 6.45) is 4.18. The number of carbonyl (C=O) groups excluding carboxylic acids is 1. The lowest BCUT2D eigenvalue weighted by atomic mass is 9.90. The Balaban J connectivity index is 0.00000200. The van der Waals surface area contributed by atoms with Gasteiger partial charge >= 0.3 is 0 Å². The van der Waals surface area contributed by atoms with E-state index in [1.807, 2.05) is 28.7 Å². The highest BCUT2D eigenvalue weighted by atomic mass is 79.9. The Morgan fingerprint density at radius 3 is 2.85 bits per heavy atom. The number of amides is 1. The lowest BCUT2D eigenvalue weighted by Gasteiger charge is -2.39. The van der Waals surface area contributed by atoms with E-state index in [4.69, 9.17) is 5.73 Å². The molecular weight excluding hydrogens is 342 g/mol. The fraction of sp³-hybridized carbons (Fsp3) is 0.643. The monoisotopic (exact) mass is 363 g/mol. The van der Waals surface area contributed by atoms with Crippen molar-refractivity contribution >= 4 is 34.2 Å². The number of likely N-dealkylation sites (tertiary alicyclic amines) is 1. The summed E-state index contributed by atoms with van der Waals surface area (Å²) < 4.78 is 2.94. The second kappa shape index (κ2) is 7.48. The van der Waals surface area contributed by atoms with Crippen LogP contribution in [0, 0.1) is 5.92 Å². The van der Waals surface area contributed by atoms with Gasteiger partial charge in [-0.1, -0.05) is 6.92 Å². The average molecular weight is 365 g/mol. The maximum absolute atomic E-state index is 12.7. The third-order valence-corrected chi connectivity index (χ3v) is 4.47. The first kappa shape index (κ1) is 17.5. The van der Waals surface area contributed by atoms with Gasteiger partial charge in [0.15, 0.2) is 0 Å². The molecule has 1 fully saturated rings. The topological polar surface area (TPSA) is 51.3 Å². The van der Waals surface area contributed by atoms with E-state index in [1.165, 1.54) is 0 Å². The highest BCUT2D eigenvalue weighted by molar-refractivity contribution is 9.10. The van der Waals surface area contributed by atoms with Crippen molar-refractivity contribution in [2.24, 2.45) is 11.7 Å². The molecule has 2 N–H and O–H groups in total. The van der Waals surface area contributed by atoms with Crippen molar-refractivity contribution in [1.29, 1.82) is 0 Å². The lowest BCUT2D eigenvalue weighted by molar-refractivity contribution is 0.0522. The fourth-order valence-electron chi connectivity index (χ4n) is 2.92. The van der Waals surface area contributed by atoms with Crippen LogP contribution in [0.3, 0.4) is 0 Å². The van der Waals surface area contributed by atoms with Crippen molar-refractivity contribution in [3.05, 3.63) is 22.4 Å². The fourth-order valence-corrected chi connectivity index (χ4v) is 3.39.